The van der Waals surface area contributed by atoms with Gasteiger partial charge in [0.15, 0.2) is 11.6 Å². The van der Waals surface area contributed by atoms with Gasteiger partial charge in [-0.1, -0.05) is 19.6 Å². The average Bonchev–Trinajstić information content (AvgIpc) is 2.78. The monoisotopic (exact) mass is 312 g/mol. The van der Waals surface area contributed by atoms with E-state index in [0.717, 1.165) is 6.04 Å². The van der Waals surface area contributed by atoms with Gasteiger partial charge in [-0.05, 0) is 12.1 Å². The maximum atomic E-state index is 13.5. The molecule has 0 spiro atoms. The molecule has 0 radical (unpaired) electrons. The maximum absolute atomic E-state index is 13.5. The van der Waals surface area contributed by atoms with Crippen LogP contribution in [0, 0.1) is 5.82 Å². The first-order valence-corrected chi connectivity index (χ1v) is 10.6. The molecule has 0 fully saturated rings. The molecule has 1 heterocycles. The van der Waals surface area contributed by atoms with Crippen LogP contribution in [0.3, 0.4) is 0 Å². The van der Waals surface area contributed by atoms with Crippen LogP contribution in [0.1, 0.15) is 5.56 Å². The third-order valence-electron chi connectivity index (χ3n) is 3.32. The normalized spacial score (nSPS) is 12.2. The van der Waals surface area contributed by atoms with E-state index in [-0.39, 0.29) is 12.3 Å². The summed E-state index contributed by atoms with van der Waals surface area (Å²) >= 11 is 0. The average molecular weight is 312 g/mol. The summed E-state index contributed by atoms with van der Waals surface area (Å²) in [5.41, 5.74) is 0.640. The fraction of sp³-hybridized carbons (Fsp3) is 0.500. The quantitative estimate of drug-likeness (QED) is 0.636. The van der Waals surface area contributed by atoms with Gasteiger partial charge in [-0.25, -0.2) is 9.07 Å². The van der Waals surface area contributed by atoms with Crippen molar-refractivity contribution in [3.63, 3.8) is 0 Å². The number of ether oxygens (including phenoxy) is 1. The predicted molar refractivity (Wildman–Crippen MR) is 81.4 cm³/mol. The van der Waals surface area contributed by atoms with E-state index < -0.39 is 26.2 Å². The van der Waals surface area contributed by atoms with Crippen molar-refractivity contribution < 1.29 is 19.3 Å². The first-order chi connectivity index (χ1) is 9.83. The van der Waals surface area contributed by atoms with Crippen LogP contribution in [0.25, 0.3) is 10.9 Å². The topological polar surface area (TPSA) is 67.5 Å². The van der Waals surface area contributed by atoms with E-state index in [9.17, 15) is 14.6 Å². The highest BCUT2D eigenvalue weighted by Crippen LogP contribution is 2.30. The minimum atomic E-state index is -1.15. The van der Waals surface area contributed by atoms with Crippen LogP contribution < -0.4 is 0 Å². The summed E-state index contributed by atoms with van der Waals surface area (Å²) < 4.78 is 20.7. The zero-order chi connectivity index (χ0) is 15.6. The van der Waals surface area contributed by atoms with Gasteiger partial charge in [0.1, 0.15) is 6.73 Å². The van der Waals surface area contributed by atoms with Gasteiger partial charge in [0, 0.05) is 25.6 Å². The lowest BCUT2D eigenvalue weighted by atomic mass is 10.1. The number of aromatic hydroxyl groups is 1. The highest BCUT2D eigenvalue weighted by Gasteiger charge is 2.17. The Morgan fingerprint density at radius 3 is 2.71 bits per heavy atom. The van der Waals surface area contributed by atoms with Gasteiger partial charge < -0.3 is 14.9 Å². The molecular weight excluding hydrogens is 291 g/mol. The molecule has 116 valence electrons. The highest BCUT2D eigenvalue weighted by molar-refractivity contribution is 6.76. The largest absolute Gasteiger partial charge is 0.505 e. The molecule has 1 aromatic heterocycles. The number of nitrogens with zero attached hydrogens (tertiary/aromatic N) is 2. The van der Waals surface area contributed by atoms with E-state index in [2.05, 4.69) is 24.7 Å². The number of phenols is 1. The zero-order valence-electron chi connectivity index (χ0n) is 12.6. The lowest BCUT2D eigenvalue weighted by molar-refractivity contribution is 0.0814. The van der Waals surface area contributed by atoms with Crippen LogP contribution in [0.4, 0.5) is 4.39 Å². The number of hydrogen-bond acceptors (Lipinski definition) is 4. The Balaban J connectivity index is 2.19. The summed E-state index contributed by atoms with van der Waals surface area (Å²) in [7, 11) is -1.15. The molecule has 0 saturated carbocycles. The van der Waals surface area contributed by atoms with E-state index in [1.165, 1.54) is 16.9 Å². The molecule has 0 bridgehead atoms. The second kappa shape index (κ2) is 6.13. The van der Waals surface area contributed by atoms with Crippen LogP contribution in [-0.2, 0) is 18.1 Å². The summed E-state index contributed by atoms with van der Waals surface area (Å²) in [5.74, 6) is -1.29. The molecule has 2 rings (SSSR count). The van der Waals surface area contributed by atoms with Gasteiger partial charge in [-0.15, -0.1) is 0 Å². The van der Waals surface area contributed by atoms with Gasteiger partial charge in [-0.3, -0.25) is 0 Å². The third kappa shape index (κ3) is 3.61. The summed E-state index contributed by atoms with van der Waals surface area (Å²) in [6.45, 7) is 7.20. The highest BCUT2D eigenvalue weighted by atomic mass is 28.3. The Morgan fingerprint density at radius 1 is 1.38 bits per heavy atom. The smallest absolute Gasteiger partial charge is 0.165 e. The van der Waals surface area contributed by atoms with Crippen LogP contribution in [0.2, 0.25) is 25.7 Å². The number of halogens is 1. The molecule has 0 saturated heterocycles. The van der Waals surface area contributed by atoms with E-state index in [1.807, 2.05) is 0 Å². The maximum Gasteiger partial charge on any atom is 0.165 e. The molecule has 0 aliphatic carbocycles. The lowest BCUT2D eigenvalue weighted by Crippen LogP contribution is -2.22. The van der Waals surface area contributed by atoms with Gasteiger partial charge in [0.2, 0.25) is 0 Å². The van der Waals surface area contributed by atoms with Crippen molar-refractivity contribution in [2.24, 2.45) is 0 Å². The molecule has 21 heavy (non-hydrogen) atoms. The van der Waals surface area contributed by atoms with Crippen molar-refractivity contribution in [3.05, 3.63) is 23.6 Å². The van der Waals surface area contributed by atoms with Gasteiger partial charge in [0.05, 0.1) is 18.3 Å². The summed E-state index contributed by atoms with van der Waals surface area (Å²) in [6, 6.07) is 2.24. The second-order valence-electron chi connectivity index (χ2n) is 6.27. The molecule has 1 aromatic carbocycles. The van der Waals surface area contributed by atoms with E-state index >= 15 is 0 Å². The molecule has 2 aromatic rings. The summed E-state index contributed by atoms with van der Waals surface area (Å²) in [5, 5.41) is 23.7. The minimum Gasteiger partial charge on any atom is -0.505 e. The number of aromatic nitrogens is 2. The first-order valence-electron chi connectivity index (χ1n) is 6.88. The number of fused-ring (bicyclic) bond motifs is 1. The molecular formula is C14H21FN2O3Si. The Kier molecular flexibility index (Phi) is 4.65. The van der Waals surface area contributed by atoms with Gasteiger partial charge in [-0.2, -0.15) is 5.10 Å². The van der Waals surface area contributed by atoms with E-state index in [1.54, 1.807) is 0 Å². The molecule has 5 nitrogen and oxygen atoms in total. The van der Waals surface area contributed by atoms with Crippen LogP contribution in [0.5, 0.6) is 5.75 Å². The van der Waals surface area contributed by atoms with Crippen molar-refractivity contribution in [2.45, 2.75) is 39.0 Å². The molecule has 0 atom stereocenters. The Bertz CT molecular complexity index is 637. The summed E-state index contributed by atoms with van der Waals surface area (Å²) in [6.07, 6.45) is 1.50. The fourth-order valence-corrected chi connectivity index (χ4v) is 2.83. The number of rotatable bonds is 6. The molecule has 0 amide bonds. The Hall–Kier alpha value is -1.44. The van der Waals surface area contributed by atoms with Crippen molar-refractivity contribution >= 4 is 19.0 Å². The minimum absolute atomic E-state index is 0.135. The zero-order valence-corrected chi connectivity index (χ0v) is 13.6. The van der Waals surface area contributed by atoms with Crippen LogP contribution >= 0.6 is 0 Å². The van der Waals surface area contributed by atoms with E-state index in [0.29, 0.717) is 17.5 Å². The Labute approximate surface area is 124 Å². The predicted octanol–water partition coefficient (Wildman–Crippen LogP) is 2.69. The van der Waals surface area contributed by atoms with Gasteiger partial charge >= 0.3 is 0 Å². The van der Waals surface area contributed by atoms with Crippen molar-refractivity contribution in [2.75, 3.05) is 6.61 Å². The molecule has 0 aliphatic heterocycles. The molecule has 2 N–H and O–H groups in total. The summed E-state index contributed by atoms with van der Waals surface area (Å²) in [4.78, 5) is 0. The standard InChI is InChI=1S/C14H21FN2O3Si/c1-21(2,3)5-4-20-9-17-13-10(7-16-17)6-12(15)14(19)11(13)8-18/h6-7,18-19H,4-5,8-9H2,1-3H3. The fourth-order valence-electron chi connectivity index (χ4n) is 2.07. The van der Waals surface area contributed by atoms with Crippen LogP contribution in [0.15, 0.2) is 12.3 Å². The number of aliphatic hydroxyl groups is 1. The van der Waals surface area contributed by atoms with Gasteiger partial charge in [0.25, 0.3) is 0 Å². The third-order valence-corrected chi connectivity index (χ3v) is 5.02. The van der Waals surface area contributed by atoms with Crippen LogP contribution in [-0.4, -0.2) is 34.7 Å². The van der Waals surface area contributed by atoms with E-state index in [4.69, 9.17) is 4.74 Å². The Morgan fingerprint density at radius 2 is 2.10 bits per heavy atom. The molecule has 7 heteroatoms. The first kappa shape index (κ1) is 15.9. The number of aliphatic hydroxyl groups excluding tert-OH is 1. The number of benzene rings is 1. The molecule has 0 aliphatic rings. The second-order valence-corrected chi connectivity index (χ2v) is 11.9. The number of hydrogen-bond donors (Lipinski definition) is 2. The van der Waals surface area contributed by atoms with Crippen molar-refractivity contribution in [1.29, 1.82) is 0 Å². The van der Waals surface area contributed by atoms with Crippen molar-refractivity contribution in [3.8, 4) is 5.75 Å². The van der Waals surface area contributed by atoms with Crippen molar-refractivity contribution in [1.82, 2.24) is 9.78 Å². The molecule has 0 unspecified atom stereocenters. The SMILES string of the molecule is C[Si](C)(C)CCOCn1ncc2cc(F)c(O)c(CO)c21. The lowest BCUT2D eigenvalue weighted by Gasteiger charge is -2.15.